The van der Waals surface area contributed by atoms with Crippen LogP contribution in [-0.2, 0) is 4.74 Å². The number of hydrogen-bond donors (Lipinski definition) is 1. The first-order valence-corrected chi connectivity index (χ1v) is 6.75. The van der Waals surface area contributed by atoms with Gasteiger partial charge in [0, 0.05) is 6.61 Å². The Morgan fingerprint density at radius 2 is 1.94 bits per heavy atom. The topological polar surface area (TPSA) is 29.5 Å². The van der Waals surface area contributed by atoms with Crippen molar-refractivity contribution in [3.8, 4) is 0 Å². The molecule has 0 bridgehead atoms. The molecule has 0 spiro atoms. The first-order chi connectivity index (χ1) is 7.41. The smallest absolute Gasteiger partial charge is 0.0698 e. The SMILES string of the molecule is CC(C)(C)C1(O)CCC(CCC2CCO2)C1. The van der Waals surface area contributed by atoms with Crippen LogP contribution in [0.15, 0.2) is 0 Å². The molecule has 0 aromatic heterocycles. The van der Waals surface area contributed by atoms with Crippen LogP contribution >= 0.6 is 0 Å². The van der Waals surface area contributed by atoms with Crippen molar-refractivity contribution in [3.63, 3.8) is 0 Å². The highest BCUT2D eigenvalue weighted by Gasteiger charge is 2.45. The molecular formula is C14H26O2. The highest BCUT2D eigenvalue weighted by Crippen LogP contribution is 2.47. The van der Waals surface area contributed by atoms with Crippen LogP contribution in [0.1, 0.15) is 59.3 Å². The van der Waals surface area contributed by atoms with E-state index in [0.717, 1.165) is 19.4 Å². The predicted molar refractivity (Wildman–Crippen MR) is 65.3 cm³/mol. The fraction of sp³-hybridized carbons (Fsp3) is 1.00. The van der Waals surface area contributed by atoms with Gasteiger partial charge in [0.1, 0.15) is 0 Å². The van der Waals surface area contributed by atoms with Gasteiger partial charge in [-0.2, -0.15) is 0 Å². The number of aliphatic hydroxyl groups is 1. The number of ether oxygens (including phenoxy) is 1. The lowest BCUT2D eigenvalue weighted by Crippen LogP contribution is -2.40. The molecule has 1 saturated heterocycles. The minimum absolute atomic E-state index is 0.0225. The van der Waals surface area contributed by atoms with Gasteiger partial charge in [-0.05, 0) is 49.9 Å². The van der Waals surface area contributed by atoms with E-state index in [1.54, 1.807) is 0 Å². The molecule has 0 aromatic rings. The zero-order valence-corrected chi connectivity index (χ0v) is 11.0. The molecular weight excluding hydrogens is 200 g/mol. The third-order valence-electron chi connectivity index (χ3n) is 4.68. The van der Waals surface area contributed by atoms with Gasteiger partial charge in [0.2, 0.25) is 0 Å². The summed E-state index contributed by atoms with van der Waals surface area (Å²) in [4.78, 5) is 0. The van der Waals surface area contributed by atoms with Crippen LogP contribution in [0.2, 0.25) is 0 Å². The molecule has 1 heterocycles. The normalized spacial score (nSPS) is 39.8. The largest absolute Gasteiger partial charge is 0.389 e. The van der Waals surface area contributed by atoms with Gasteiger partial charge in [0.25, 0.3) is 0 Å². The van der Waals surface area contributed by atoms with Crippen LogP contribution in [0, 0.1) is 11.3 Å². The summed E-state index contributed by atoms with van der Waals surface area (Å²) < 4.78 is 5.45. The summed E-state index contributed by atoms with van der Waals surface area (Å²) >= 11 is 0. The van der Waals surface area contributed by atoms with Crippen molar-refractivity contribution in [2.75, 3.05) is 6.61 Å². The predicted octanol–water partition coefficient (Wildman–Crippen LogP) is 3.13. The third-order valence-corrected chi connectivity index (χ3v) is 4.68. The van der Waals surface area contributed by atoms with E-state index >= 15 is 0 Å². The quantitative estimate of drug-likeness (QED) is 0.801. The monoisotopic (exact) mass is 226 g/mol. The Kier molecular flexibility index (Phi) is 3.33. The maximum absolute atomic E-state index is 10.6. The molecule has 2 aliphatic rings. The van der Waals surface area contributed by atoms with Crippen LogP contribution in [0.25, 0.3) is 0 Å². The van der Waals surface area contributed by atoms with Crippen LogP contribution < -0.4 is 0 Å². The van der Waals surface area contributed by atoms with Crippen LogP contribution in [0.4, 0.5) is 0 Å². The van der Waals surface area contributed by atoms with Gasteiger partial charge in [-0.3, -0.25) is 0 Å². The lowest BCUT2D eigenvalue weighted by molar-refractivity contribution is -0.0635. The average Bonchev–Trinajstić information content (AvgIpc) is 2.45. The van der Waals surface area contributed by atoms with Crippen LogP contribution in [0.5, 0.6) is 0 Å². The summed E-state index contributed by atoms with van der Waals surface area (Å²) in [6.45, 7) is 7.43. The molecule has 3 atom stereocenters. The van der Waals surface area contributed by atoms with Crippen molar-refractivity contribution >= 4 is 0 Å². The Balaban J connectivity index is 1.78. The molecule has 2 nitrogen and oxygen atoms in total. The number of rotatable bonds is 3. The molecule has 2 heteroatoms. The van der Waals surface area contributed by atoms with E-state index in [1.807, 2.05) is 0 Å². The first kappa shape index (κ1) is 12.4. The summed E-state index contributed by atoms with van der Waals surface area (Å²) in [5.74, 6) is 0.716. The second-order valence-electron chi connectivity index (χ2n) is 6.75. The van der Waals surface area contributed by atoms with E-state index in [9.17, 15) is 5.11 Å². The molecule has 0 aromatic carbocycles. The molecule has 0 radical (unpaired) electrons. The molecule has 3 unspecified atom stereocenters. The van der Waals surface area contributed by atoms with Crippen molar-refractivity contribution < 1.29 is 9.84 Å². The highest BCUT2D eigenvalue weighted by molar-refractivity contribution is 4.97. The van der Waals surface area contributed by atoms with Gasteiger partial charge >= 0.3 is 0 Å². The maximum atomic E-state index is 10.6. The van der Waals surface area contributed by atoms with Gasteiger partial charge in [0.05, 0.1) is 11.7 Å². The fourth-order valence-corrected chi connectivity index (χ4v) is 2.99. The van der Waals surface area contributed by atoms with Gasteiger partial charge in [-0.1, -0.05) is 20.8 Å². The van der Waals surface area contributed by atoms with Crippen LogP contribution in [-0.4, -0.2) is 23.4 Å². The summed E-state index contributed by atoms with van der Waals surface area (Å²) in [7, 11) is 0. The molecule has 1 aliphatic heterocycles. The first-order valence-electron chi connectivity index (χ1n) is 6.75. The average molecular weight is 226 g/mol. The Hall–Kier alpha value is -0.0800. The standard InChI is InChI=1S/C14H26O2/c1-13(2,3)14(15)8-6-11(10-14)4-5-12-7-9-16-12/h11-12,15H,4-10H2,1-3H3. The zero-order chi connectivity index (χ0) is 11.8. The minimum Gasteiger partial charge on any atom is -0.389 e. The Labute approximate surface area is 99.4 Å². The number of hydrogen-bond acceptors (Lipinski definition) is 2. The van der Waals surface area contributed by atoms with Gasteiger partial charge in [-0.25, -0.2) is 0 Å². The fourth-order valence-electron chi connectivity index (χ4n) is 2.99. The summed E-state index contributed by atoms with van der Waals surface area (Å²) in [5, 5.41) is 10.6. The zero-order valence-electron chi connectivity index (χ0n) is 11.0. The van der Waals surface area contributed by atoms with E-state index in [-0.39, 0.29) is 5.41 Å². The lowest BCUT2D eigenvalue weighted by Gasteiger charge is -2.37. The van der Waals surface area contributed by atoms with E-state index < -0.39 is 5.60 Å². The van der Waals surface area contributed by atoms with E-state index in [0.29, 0.717) is 12.0 Å². The molecule has 0 amide bonds. The van der Waals surface area contributed by atoms with Crippen molar-refractivity contribution in [3.05, 3.63) is 0 Å². The van der Waals surface area contributed by atoms with Crippen molar-refractivity contribution in [2.24, 2.45) is 11.3 Å². The van der Waals surface area contributed by atoms with Crippen LogP contribution in [0.3, 0.4) is 0 Å². The molecule has 16 heavy (non-hydrogen) atoms. The van der Waals surface area contributed by atoms with Gasteiger partial charge < -0.3 is 9.84 Å². The molecule has 1 saturated carbocycles. The minimum atomic E-state index is -0.432. The van der Waals surface area contributed by atoms with Crippen molar-refractivity contribution in [1.82, 2.24) is 0 Å². The van der Waals surface area contributed by atoms with E-state index in [1.165, 1.54) is 25.7 Å². The van der Waals surface area contributed by atoms with Crippen molar-refractivity contribution in [2.45, 2.75) is 71.0 Å². The van der Waals surface area contributed by atoms with Gasteiger partial charge in [-0.15, -0.1) is 0 Å². The molecule has 2 fully saturated rings. The molecule has 94 valence electrons. The summed E-state index contributed by atoms with van der Waals surface area (Å²) in [6, 6.07) is 0. The Morgan fingerprint density at radius 3 is 2.38 bits per heavy atom. The third kappa shape index (κ3) is 2.43. The maximum Gasteiger partial charge on any atom is 0.0698 e. The molecule has 1 aliphatic carbocycles. The second-order valence-corrected chi connectivity index (χ2v) is 6.75. The Bertz CT molecular complexity index is 240. The summed E-state index contributed by atoms with van der Waals surface area (Å²) in [5.41, 5.74) is -0.410. The second kappa shape index (κ2) is 4.30. The highest BCUT2D eigenvalue weighted by atomic mass is 16.5. The van der Waals surface area contributed by atoms with Gasteiger partial charge in [0.15, 0.2) is 0 Å². The van der Waals surface area contributed by atoms with E-state index in [2.05, 4.69) is 20.8 Å². The summed E-state index contributed by atoms with van der Waals surface area (Å²) in [6.07, 6.45) is 7.38. The van der Waals surface area contributed by atoms with Crippen molar-refractivity contribution in [1.29, 1.82) is 0 Å². The Morgan fingerprint density at radius 1 is 1.25 bits per heavy atom. The van der Waals surface area contributed by atoms with E-state index in [4.69, 9.17) is 4.74 Å². The molecule has 1 N–H and O–H groups in total. The molecule has 2 rings (SSSR count). The lowest BCUT2D eigenvalue weighted by atomic mass is 9.75.